The highest BCUT2D eigenvalue weighted by Crippen LogP contribution is 2.32. The molecule has 2 aromatic rings. The van der Waals surface area contributed by atoms with Gasteiger partial charge in [-0.1, -0.05) is 47.1 Å². The quantitative estimate of drug-likeness (QED) is 0.449. The maximum Gasteiger partial charge on any atom is 0.408 e. The van der Waals surface area contributed by atoms with Gasteiger partial charge in [0, 0.05) is 19.8 Å². The van der Waals surface area contributed by atoms with Crippen molar-refractivity contribution in [2.45, 2.75) is 67.9 Å². The van der Waals surface area contributed by atoms with E-state index in [1.165, 1.54) is 0 Å². The molecule has 0 radical (unpaired) electrons. The SMILES string of the molecule is CC(C)(C)OC(=O)N[C@@](C)(CO)CCCc1ccc(Sc2cccc(Cl)c2)cc1Cl. The molecule has 2 aromatic carbocycles. The third kappa shape index (κ3) is 8.38. The smallest absolute Gasteiger partial charge is 0.408 e. The summed E-state index contributed by atoms with van der Waals surface area (Å²) in [7, 11) is 0. The van der Waals surface area contributed by atoms with E-state index in [0.717, 1.165) is 28.2 Å². The van der Waals surface area contributed by atoms with E-state index >= 15 is 0 Å². The number of hydrogen-bond acceptors (Lipinski definition) is 4. The van der Waals surface area contributed by atoms with Crippen LogP contribution >= 0.6 is 35.0 Å². The molecular weight excluding hydrogens is 441 g/mol. The number of alkyl carbamates (subject to hydrolysis) is 1. The van der Waals surface area contributed by atoms with E-state index in [-0.39, 0.29) is 6.61 Å². The van der Waals surface area contributed by atoms with E-state index in [9.17, 15) is 9.90 Å². The number of benzene rings is 2. The number of ether oxygens (including phenoxy) is 1. The lowest BCUT2D eigenvalue weighted by molar-refractivity contribution is 0.0405. The van der Waals surface area contributed by atoms with E-state index in [2.05, 4.69) is 5.32 Å². The Balaban J connectivity index is 1.92. The molecule has 0 saturated heterocycles. The lowest BCUT2D eigenvalue weighted by atomic mass is 9.94. The van der Waals surface area contributed by atoms with Crippen LogP contribution in [-0.2, 0) is 11.2 Å². The molecule has 0 aromatic heterocycles. The molecule has 7 heteroatoms. The molecule has 2 rings (SSSR count). The molecule has 0 bridgehead atoms. The Morgan fingerprint density at radius 3 is 2.40 bits per heavy atom. The maximum absolute atomic E-state index is 12.1. The maximum atomic E-state index is 12.1. The average molecular weight is 470 g/mol. The number of nitrogens with one attached hydrogen (secondary N) is 1. The summed E-state index contributed by atoms with van der Waals surface area (Å²) in [4.78, 5) is 14.1. The Morgan fingerprint density at radius 2 is 1.80 bits per heavy atom. The van der Waals surface area contributed by atoms with Crippen molar-refractivity contribution in [1.29, 1.82) is 0 Å². The van der Waals surface area contributed by atoms with Crippen LogP contribution < -0.4 is 5.32 Å². The summed E-state index contributed by atoms with van der Waals surface area (Å²) in [6.45, 7) is 7.05. The molecule has 0 aliphatic carbocycles. The van der Waals surface area contributed by atoms with Crippen molar-refractivity contribution in [3.8, 4) is 0 Å². The Kier molecular flexibility index (Phi) is 8.92. The number of aliphatic hydroxyl groups is 1. The molecule has 0 aliphatic rings. The Morgan fingerprint density at radius 1 is 1.10 bits per heavy atom. The predicted octanol–water partition coefficient (Wildman–Crippen LogP) is 6.74. The topological polar surface area (TPSA) is 58.6 Å². The van der Waals surface area contributed by atoms with Gasteiger partial charge in [-0.05, 0) is 82.9 Å². The first-order chi connectivity index (χ1) is 14.0. The monoisotopic (exact) mass is 469 g/mol. The van der Waals surface area contributed by atoms with Gasteiger partial charge in [-0.25, -0.2) is 4.79 Å². The summed E-state index contributed by atoms with van der Waals surface area (Å²) in [6, 6.07) is 13.7. The van der Waals surface area contributed by atoms with Crippen molar-refractivity contribution in [3.63, 3.8) is 0 Å². The standard InChI is InChI=1S/C23H29Cl2NO3S/c1-22(2,3)29-21(28)26-23(4,15-27)12-6-7-16-10-11-19(14-20(16)25)30-18-9-5-8-17(24)13-18/h5,8-11,13-14,27H,6-7,12,15H2,1-4H3,(H,26,28)/t23-/m1/s1. The van der Waals surface area contributed by atoms with Gasteiger partial charge in [0.05, 0.1) is 12.1 Å². The number of rotatable bonds is 8. The molecule has 4 nitrogen and oxygen atoms in total. The minimum atomic E-state index is -0.753. The lowest BCUT2D eigenvalue weighted by Crippen LogP contribution is -2.50. The van der Waals surface area contributed by atoms with E-state index in [1.54, 1.807) is 32.5 Å². The largest absolute Gasteiger partial charge is 0.444 e. The Bertz CT molecular complexity index is 870. The van der Waals surface area contributed by atoms with Gasteiger partial charge in [0.15, 0.2) is 0 Å². The minimum absolute atomic E-state index is 0.171. The molecule has 1 atom stereocenters. The number of halogens is 2. The van der Waals surface area contributed by atoms with Crippen LogP contribution in [0.5, 0.6) is 0 Å². The molecule has 0 fully saturated rings. The van der Waals surface area contributed by atoms with Crippen LogP contribution in [0.25, 0.3) is 0 Å². The fourth-order valence-electron chi connectivity index (χ4n) is 2.86. The summed E-state index contributed by atoms with van der Waals surface area (Å²) < 4.78 is 5.30. The molecule has 164 valence electrons. The van der Waals surface area contributed by atoms with Crippen molar-refractivity contribution in [2.24, 2.45) is 0 Å². The summed E-state index contributed by atoms with van der Waals surface area (Å²) in [6.07, 6.45) is 1.57. The molecule has 1 amide bonds. The highest BCUT2D eigenvalue weighted by molar-refractivity contribution is 7.99. The van der Waals surface area contributed by atoms with Gasteiger partial charge in [0.1, 0.15) is 5.60 Å². The molecule has 0 saturated carbocycles. The van der Waals surface area contributed by atoms with Gasteiger partial charge in [-0.15, -0.1) is 0 Å². The van der Waals surface area contributed by atoms with Crippen molar-refractivity contribution in [3.05, 3.63) is 58.1 Å². The molecule has 0 unspecified atom stereocenters. The van der Waals surface area contributed by atoms with Crippen LogP contribution in [0.15, 0.2) is 52.3 Å². The van der Waals surface area contributed by atoms with Crippen LogP contribution in [0.4, 0.5) is 4.79 Å². The highest BCUT2D eigenvalue weighted by atomic mass is 35.5. The number of hydrogen-bond donors (Lipinski definition) is 2. The van der Waals surface area contributed by atoms with E-state index in [1.807, 2.05) is 49.4 Å². The first-order valence-corrected chi connectivity index (χ1v) is 11.4. The highest BCUT2D eigenvalue weighted by Gasteiger charge is 2.28. The third-order valence-electron chi connectivity index (χ3n) is 4.38. The van der Waals surface area contributed by atoms with Crippen LogP contribution in [0.1, 0.15) is 46.1 Å². The summed E-state index contributed by atoms with van der Waals surface area (Å²) in [5.74, 6) is 0. The second-order valence-electron chi connectivity index (χ2n) is 8.51. The van der Waals surface area contributed by atoms with Crippen molar-refractivity contribution in [2.75, 3.05) is 6.61 Å². The second-order valence-corrected chi connectivity index (χ2v) is 10.5. The Labute approximate surface area is 193 Å². The first-order valence-electron chi connectivity index (χ1n) is 9.83. The number of aliphatic hydroxyl groups excluding tert-OH is 1. The van der Waals surface area contributed by atoms with Crippen LogP contribution in [0, 0.1) is 0 Å². The molecule has 30 heavy (non-hydrogen) atoms. The molecule has 0 spiro atoms. The molecule has 0 aliphatic heterocycles. The predicted molar refractivity (Wildman–Crippen MR) is 125 cm³/mol. The number of carbonyl (C=O) groups excluding carboxylic acids is 1. The fourth-order valence-corrected chi connectivity index (χ4v) is 4.37. The zero-order chi connectivity index (χ0) is 22.4. The normalized spacial score (nSPS) is 13.6. The zero-order valence-corrected chi connectivity index (χ0v) is 20.1. The van der Waals surface area contributed by atoms with Gasteiger partial charge in [0.2, 0.25) is 0 Å². The van der Waals surface area contributed by atoms with Crippen LogP contribution in [-0.4, -0.2) is 28.9 Å². The molecule has 0 heterocycles. The van der Waals surface area contributed by atoms with Gasteiger partial charge in [0.25, 0.3) is 0 Å². The summed E-state index contributed by atoms with van der Waals surface area (Å²) in [5, 5.41) is 14.0. The molecular formula is C23H29Cl2NO3S. The van der Waals surface area contributed by atoms with Gasteiger partial charge < -0.3 is 15.2 Å². The molecule has 2 N–H and O–H groups in total. The van der Waals surface area contributed by atoms with E-state index in [0.29, 0.717) is 16.5 Å². The van der Waals surface area contributed by atoms with Crippen molar-refractivity contribution in [1.82, 2.24) is 5.32 Å². The average Bonchev–Trinajstić information content (AvgIpc) is 2.62. The minimum Gasteiger partial charge on any atom is -0.444 e. The number of carbonyl (C=O) groups is 1. The van der Waals surface area contributed by atoms with Crippen LogP contribution in [0.3, 0.4) is 0 Å². The van der Waals surface area contributed by atoms with Crippen molar-refractivity contribution < 1.29 is 14.6 Å². The number of amides is 1. The third-order valence-corrected chi connectivity index (χ3v) is 5.95. The summed E-state index contributed by atoms with van der Waals surface area (Å²) >= 11 is 14.1. The number of aryl methyl sites for hydroxylation is 1. The van der Waals surface area contributed by atoms with Gasteiger partial charge >= 0.3 is 6.09 Å². The first kappa shape index (κ1) is 24.9. The zero-order valence-electron chi connectivity index (χ0n) is 17.8. The van der Waals surface area contributed by atoms with Crippen molar-refractivity contribution >= 4 is 41.1 Å². The summed E-state index contributed by atoms with van der Waals surface area (Å²) in [5.41, 5.74) is -0.305. The lowest BCUT2D eigenvalue weighted by Gasteiger charge is -2.30. The Hall–Kier alpha value is -1.40. The fraction of sp³-hybridized carbons (Fsp3) is 0.435. The van der Waals surface area contributed by atoms with E-state index in [4.69, 9.17) is 27.9 Å². The van der Waals surface area contributed by atoms with Gasteiger partial charge in [-0.2, -0.15) is 0 Å². The van der Waals surface area contributed by atoms with Gasteiger partial charge in [-0.3, -0.25) is 0 Å². The van der Waals surface area contributed by atoms with Crippen LogP contribution in [0.2, 0.25) is 10.0 Å². The van der Waals surface area contributed by atoms with E-state index < -0.39 is 17.2 Å². The second kappa shape index (κ2) is 10.8.